The summed E-state index contributed by atoms with van der Waals surface area (Å²) in [4.78, 5) is 15.8. The first-order chi connectivity index (χ1) is 17.1. The van der Waals surface area contributed by atoms with Crippen LogP contribution in [0.1, 0.15) is 91.7 Å². The number of nitrogens with zero attached hydrogens (tertiary/aromatic N) is 2. The van der Waals surface area contributed by atoms with Crippen molar-refractivity contribution in [2.45, 2.75) is 83.0 Å². The Balaban J connectivity index is 1.34. The summed E-state index contributed by atoms with van der Waals surface area (Å²) in [5, 5.41) is 10.9. The number of rotatable bonds is 9. The van der Waals surface area contributed by atoms with Crippen LogP contribution < -0.4 is 10.6 Å². The summed E-state index contributed by atoms with van der Waals surface area (Å²) in [6.07, 6.45) is 6.52. The second-order valence-electron chi connectivity index (χ2n) is 10.8. The van der Waals surface area contributed by atoms with E-state index in [0.29, 0.717) is 29.6 Å². The third-order valence-electron chi connectivity index (χ3n) is 7.88. The minimum absolute atomic E-state index is 0.0406. The third kappa shape index (κ3) is 6.13. The minimum Gasteiger partial charge on any atom is -0.381 e. The highest BCUT2D eigenvalue weighted by atomic mass is 16.5. The molecule has 3 fully saturated rings. The van der Waals surface area contributed by atoms with Gasteiger partial charge in [0.15, 0.2) is 5.69 Å². The largest absolute Gasteiger partial charge is 0.381 e. The Hall–Kier alpha value is -2.22. The van der Waals surface area contributed by atoms with E-state index in [1.165, 1.54) is 11.1 Å². The molecule has 5 rings (SSSR count). The van der Waals surface area contributed by atoms with Gasteiger partial charge < -0.3 is 19.9 Å². The SMILES string of the molecule is CC(C)N(Cc1cccc(C(NC(=O)c2cc(C3CC3)on2)C2CCNCC2)c1)C1CCOCC1. The highest BCUT2D eigenvalue weighted by molar-refractivity contribution is 5.92. The maximum absolute atomic E-state index is 13.2. The Labute approximate surface area is 209 Å². The zero-order chi connectivity index (χ0) is 24.2. The molecular weight excluding hydrogens is 440 g/mol. The number of amides is 1. The second-order valence-corrected chi connectivity index (χ2v) is 10.8. The van der Waals surface area contributed by atoms with Crippen molar-refractivity contribution in [3.05, 3.63) is 52.9 Å². The van der Waals surface area contributed by atoms with Gasteiger partial charge in [-0.1, -0.05) is 29.4 Å². The summed E-state index contributed by atoms with van der Waals surface area (Å²) in [5.74, 6) is 1.54. The molecule has 2 saturated heterocycles. The van der Waals surface area contributed by atoms with Crippen LogP contribution in [0.4, 0.5) is 0 Å². The van der Waals surface area contributed by atoms with Gasteiger partial charge in [0.05, 0.1) is 6.04 Å². The van der Waals surface area contributed by atoms with Crippen molar-refractivity contribution in [3.63, 3.8) is 0 Å². The first-order valence-electron chi connectivity index (χ1n) is 13.5. The van der Waals surface area contributed by atoms with Crippen LogP contribution in [0, 0.1) is 5.92 Å². The number of hydrogen-bond acceptors (Lipinski definition) is 6. The van der Waals surface area contributed by atoms with Crippen molar-refractivity contribution in [2.75, 3.05) is 26.3 Å². The molecule has 0 radical (unpaired) electrons. The van der Waals surface area contributed by atoms with Crippen molar-refractivity contribution < 1.29 is 14.1 Å². The lowest BCUT2D eigenvalue weighted by Gasteiger charge is -2.37. The Bertz CT molecular complexity index is 974. The summed E-state index contributed by atoms with van der Waals surface area (Å²) < 4.78 is 11.1. The quantitative estimate of drug-likeness (QED) is 0.553. The number of hydrogen-bond donors (Lipinski definition) is 2. The van der Waals surface area contributed by atoms with Crippen LogP contribution in [0.2, 0.25) is 0 Å². The van der Waals surface area contributed by atoms with Gasteiger partial charge in [0, 0.05) is 43.8 Å². The lowest BCUT2D eigenvalue weighted by Crippen LogP contribution is -2.43. The van der Waals surface area contributed by atoms with Crippen LogP contribution >= 0.6 is 0 Å². The van der Waals surface area contributed by atoms with Crippen LogP contribution in [-0.2, 0) is 11.3 Å². The molecule has 35 heavy (non-hydrogen) atoms. The highest BCUT2D eigenvalue weighted by Crippen LogP contribution is 2.40. The van der Waals surface area contributed by atoms with Gasteiger partial charge in [-0.05, 0) is 82.5 Å². The van der Waals surface area contributed by atoms with E-state index in [1.807, 2.05) is 6.07 Å². The molecule has 7 nitrogen and oxygen atoms in total. The second kappa shape index (κ2) is 11.2. The molecule has 1 unspecified atom stereocenters. The minimum atomic E-state index is -0.138. The molecule has 2 N–H and O–H groups in total. The molecule has 1 atom stereocenters. The van der Waals surface area contributed by atoms with Gasteiger partial charge in [0.25, 0.3) is 5.91 Å². The summed E-state index contributed by atoms with van der Waals surface area (Å²) in [7, 11) is 0. The Morgan fingerprint density at radius 2 is 1.89 bits per heavy atom. The van der Waals surface area contributed by atoms with Crippen molar-refractivity contribution in [1.29, 1.82) is 0 Å². The Morgan fingerprint density at radius 1 is 1.11 bits per heavy atom. The summed E-state index contributed by atoms with van der Waals surface area (Å²) in [6.45, 7) is 9.15. The molecule has 1 saturated carbocycles. The van der Waals surface area contributed by atoms with Crippen LogP contribution in [0.25, 0.3) is 0 Å². The summed E-state index contributed by atoms with van der Waals surface area (Å²) >= 11 is 0. The van der Waals surface area contributed by atoms with E-state index in [2.05, 4.69) is 58.8 Å². The van der Waals surface area contributed by atoms with E-state index in [1.54, 1.807) is 0 Å². The number of ether oxygens (including phenoxy) is 1. The number of benzene rings is 1. The summed E-state index contributed by atoms with van der Waals surface area (Å²) in [5.41, 5.74) is 2.88. The number of carbonyl (C=O) groups excluding carboxylic acids is 1. The fourth-order valence-electron chi connectivity index (χ4n) is 5.67. The zero-order valence-electron chi connectivity index (χ0n) is 21.2. The molecule has 1 amide bonds. The number of nitrogens with one attached hydrogen (secondary N) is 2. The third-order valence-corrected chi connectivity index (χ3v) is 7.88. The van der Waals surface area contributed by atoms with E-state index in [4.69, 9.17) is 9.26 Å². The number of piperidine rings is 1. The summed E-state index contributed by atoms with van der Waals surface area (Å²) in [6, 6.07) is 11.7. The normalized spacial score (nSPS) is 20.9. The molecule has 2 aromatic rings. The fraction of sp³-hybridized carbons (Fsp3) is 0.643. The predicted molar refractivity (Wildman–Crippen MR) is 135 cm³/mol. The van der Waals surface area contributed by atoms with E-state index < -0.39 is 0 Å². The zero-order valence-corrected chi connectivity index (χ0v) is 21.2. The van der Waals surface area contributed by atoms with Gasteiger partial charge in [-0.2, -0.15) is 0 Å². The lowest BCUT2D eigenvalue weighted by atomic mass is 9.85. The maximum atomic E-state index is 13.2. The van der Waals surface area contributed by atoms with Crippen molar-refractivity contribution in [1.82, 2.24) is 20.7 Å². The average Bonchev–Trinajstić information content (AvgIpc) is 3.62. The van der Waals surface area contributed by atoms with E-state index in [9.17, 15) is 4.79 Å². The van der Waals surface area contributed by atoms with E-state index in [0.717, 1.165) is 77.1 Å². The molecule has 190 valence electrons. The molecule has 1 aromatic heterocycles. The monoisotopic (exact) mass is 480 g/mol. The molecule has 0 bridgehead atoms. The van der Waals surface area contributed by atoms with Crippen LogP contribution in [0.5, 0.6) is 0 Å². The van der Waals surface area contributed by atoms with Crippen molar-refractivity contribution >= 4 is 5.91 Å². The fourth-order valence-corrected chi connectivity index (χ4v) is 5.67. The van der Waals surface area contributed by atoms with Gasteiger partial charge in [-0.15, -0.1) is 0 Å². The van der Waals surface area contributed by atoms with E-state index in [-0.39, 0.29) is 11.9 Å². The number of carbonyl (C=O) groups is 1. The Kier molecular flexibility index (Phi) is 7.85. The van der Waals surface area contributed by atoms with Gasteiger partial charge in [-0.3, -0.25) is 9.69 Å². The van der Waals surface area contributed by atoms with Crippen LogP contribution in [0.15, 0.2) is 34.9 Å². The van der Waals surface area contributed by atoms with Gasteiger partial charge in [0.1, 0.15) is 5.76 Å². The molecular formula is C28H40N4O3. The molecule has 7 heteroatoms. The lowest BCUT2D eigenvalue weighted by molar-refractivity contribution is 0.0188. The number of aromatic nitrogens is 1. The van der Waals surface area contributed by atoms with Crippen molar-refractivity contribution in [2.24, 2.45) is 5.92 Å². The molecule has 1 aromatic carbocycles. The van der Waals surface area contributed by atoms with Crippen molar-refractivity contribution in [3.8, 4) is 0 Å². The smallest absolute Gasteiger partial charge is 0.273 e. The Morgan fingerprint density at radius 3 is 2.60 bits per heavy atom. The first-order valence-corrected chi connectivity index (χ1v) is 13.5. The van der Waals surface area contributed by atoms with Crippen LogP contribution in [0.3, 0.4) is 0 Å². The van der Waals surface area contributed by atoms with E-state index >= 15 is 0 Å². The van der Waals surface area contributed by atoms with Crippen LogP contribution in [-0.4, -0.2) is 54.4 Å². The molecule has 3 aliphatic rings. The maximum Gasteiger partial charge on any atom is 0.273 e. The molecule has 1 aliphatic carbocycles. The van der Waals surface area contributed by atoms with Gasteiger partial charge in [-0.25, -0.2) is 0 Å². The predicted octanol–water partition coefficient (Wildman–Crippen LogP) is 4.41. The molecule has 3 heterocycles. The molecule has 2 aliphatic heterocycles. The van der Waals surface area contributed by atoms with Gasteiger partial charge in [0.2, 0.25) is 0 Å². The van der Waals surface area contributed by atoms with Gasteiger partial charge >= 0.3 is 0 Å². The highest BCUT2D eigenvalue weighted by Gasteiger charge is 2.31. The molecule has 0 spiro atoms. The standard InChI is InChI=1S/C28H40N4O3/c1-19(2)32(24-10-14-34-15-11-24)18-20-4-3-5-23(16-20)27(22-8-12-29-13-9-22)30-28(33)25-17-26(35-31-25)21-6-7-21/h3-5,16-17,19,21-22,24,27,29H,6-15,18H2,1-2H3,(H,30,33). The topological polar surface area (TPSA) is 79.6 Å². The average molecular weight is 481 g/mol. The first kappa shape index (κ1) is 24.5.